The molecular weight excluding hydrogens is 430 g/mol. The average Bonchev–Trinajstić information content (AvgIpc) is 3.28. The molecule has 0 fully saturated rings. The quantitative estimate of drug-likeness (QED) is 0.247. The molecule has 1 N–H and O–H groups in total. The van der Waals surface area contributed by atoms with E-state index in [2.05, 4.69) is 5.32 Å². The number of fused-ring (bicyclic) bond motifs is 1. The molecule has 0 radical (unpaired) electrons. The fourth-order valence-corrected chi connectivity index (χ4v) is 2.98. The van der Waals surface area contributed by atoms with Gasteiger partial charge in [0, 0.05) is 30.0 Å². The molecule has 33 heavy (non-hydrogen) atoms. The number of hydrogen-bond donors (Lipinski definition) is 1. The molecule has 2 aromatic carbocycles. The van der Waals surface area contributed by atoms with Gasteiger partial charge in [-0.05, 0) is 36.4 Å². The summed E-state index contributed by atoms with van der Waals surface area (Å²) in [6, 6.07) is 15.7. The van der Waals surface area contributed by atoms with Crippen molar-refractivity contribution in [3.05, 3.63) is 81.8 Å². The van der Waals surface area contributed by atoms with Crippen LogP contribution in [0.4, 0.5) is 11.4 Å². The summed E-state index contributed by atoms with van der Waals surface area (Å²) in [6.45, 7) is 0.948. The number of carbonyl (C=O) groups excluding carboxylic acids is 1. The van der Waals surface area contributed by atoms with Crippen LogP contribution >= 0.6 is 0 Å². The zero-order valence-corrected chi connectivity index (χ0v) is 17.1. The van der Waals surface area contributed by atoms with Crippen LogP contribution in [-0.4, -0.2) is 24.0 Å². The summed E-state index contributed by atoms with van der Waals surface area (Å²) in [7, 11) is 0. The number of hydrogen-bond acceptors (Lipinski definition) is 8. The molecule has 1 aliphatic rings. The number of ether oxygens (including phenoxy) is 3. The Hall–Kier alpha value is -4.78. The number of rotatable bonds is 7. The lowest BCUT2D eigenvalue weighted by molar-refractivity contribution is -0.384. The van der Waals surface area contributed by atoms with Crippen LogP contribution < -0.4 is 19.5 Å². The van der Waals surface area contributed by atoms with E-state index in [4.69, 9.17) is 18.6 Å². The molecule has 0 spiro atoms. The Balaban J connectivity index is 1.38. The SMILES string of the molecule is N#CC(=Cc1ccc(COc2ccc([N+](=O)[O-])cc2)o1)C(=O)Nc1ccc2c(c1)OCCO2. The molecule has 1 aliphatic heterocycles. The first kappa shape index (κ1) is 21.5. The first-order chi connectivity index (χ1) is 16.0. The number of amides is 1. The second kappa shape index (κ2) is 9.57. The van der Waals surface area contributed by atoms with Crippen molar-refractivity contribution >= 4 is 23.4 Å². The fraction of sp³-hybridized carbons (Fsp3) is 0.130. The molecular formula is C23H17N3O7. The van der Waals surface area contributed by atoms with Gasteiger partial charge in [-0.1, -0.05) is 0 Å². The van der Waals surface area contributed by atoms with E-state index in [1.807, 2.05) is 6.07 Å². The van der Waals surface area contributed by atoms with Crippen molar-refractivity contribution in [2.75, 3.05) is 18.5 Å². The third-order valence-electron chi connectivity index (χ3n) is 4.56. The number of non-ortho nitro benzene ring substituents is 1. The van der Waals surface area contributed by atoms with Crippen LogP contribution in [0, 0.1) is 21.4 Å². The highest BCUT2D eigenvalue weighted by Gasteiger charge is 2.15. The van der Waals surface area contributed by atoms with E-state index in [0.29, 0.717) is 47.7 Å². The molecule has 0 atom stereocenters. The molecule has 2 heterocycles. The van der Waals surface area contributed by atoms with Crippen molar-refractivity contribution in [3.63, 3.8) is 0 Å². The van der Waals surface area contributed by atoms with E-state index >= 15 is 0 Å². The highest BCUT2D eigenvalue weighted by atomic mass is 16.6. The Morgan fingerprint density at radius 2 is 1.88 bits per heavy atom. The highest BCUT2D eigenvalue weighted by molar-refractivity contribution is 6.09. The molecule has 3 aromatic rings. The van der Waals surface area contributed by atoms with Gasteiger partial charge in [0.15, 0.2) is 11.5 Å². The molecule has 166 valence electrons. The Morgan fingerprint density at radius 1 is 1.12 bits per heavy atom. The maximum Gasteiger partial charge on any atom is 0.269 e. The van der Waals surface area contributed by atoms with Crippen molar-refractivity contribution in [1.82, 2.24) is 0 Å². The summed E-state index contributed by atoms with van der Waals surface area (Å²) in [6.07, 6.45) is 1.32. The topological polar surface area (TPSA) is 137 Å². The predicted molar refractivity (Wildman–Crippen MR) is 116 cm³/mol. The minimum atomic E-state index is -0.603. The van der Waals surface area contributed by atoms with Gasteiger partial charge in [-0.3, -0.25) is 14.9 Å². The number of nitriles is 1. The van der Waals surface area contributed by atoms with Crippen LogP contribution in [0.2, 0.25) is 0 Å². The standard InChI is InChI=1S/C23H17N3O7/c24-13-15(23(27)25-16-1-8-21-22(12-16)31-10-9-30-21)11-19-6-7-20(33-19)14-32-18-4-2-17(3-5-18)26(28)29/h1-8,11-12H,9-10,14H2,(H,25,27). The number of nitrogens with zero attached hydrogens (tertiary/aromatic N) is 2. The Kier molecular flexibility index (Phi) is 6.22. The van der Waals surface area contributed by atoms with Gasteiger partial charge in [-0.15, -0.1) is 0 Å². The lowest BCUT2D eigenvalue weighted by Gasteiger charge is -2.18. The zero-order chi connectivity index (χ0) is 23.2. The minimum absolute atomic E-state index is 0.0358. The average molecular weight is 447 g/mol. The summed E-state index contributed by atoms with van der Waals surface area (Å²) in [5, 5.41) is 22.8. The normalized spacial score (nSPS) is 12.5. The van der Waals surface area contributed by atoms with Gasteiger partial charge in [-0.2, -0.15) is 5.26 Å². The maximum absolute atomic E-state index is 12.5. The van der Waals surface area contributed by atoms with Gasteiger partial charge < -0.3 is 23.9 Å². The van der Waals surface area contributed by atoms with Gasteiger partial charge in [-0.25, -0.2) is 0 Å². The van der Waals surface area contributed by atoms with E-state index in [1.54, 1.807) is 30.3 Å². The molecule has 0 saturated carbocycles. The summed E-state index contributed by atoms with van der Waals surface area (Å²) in [5.74, 6) is 1.69. The first-order valence-corrected chi connectivity index (χ1v) is 9.80. The summed E-state index contributed by atoms with van der Waals surface area (Å²) < 4.78 is 22.1. The number of nitro benzene ring substituents is 1. The van der Waals surface area contributed by atoms with E-state index in [9.17, 15) is 20.2 Å². The predicted octanol–water partition coefficient (Wildman–Crippen LogP) is 4.08. The smallest absolute Gasteiger partial charge is 0.269 e. The molecule has 1 aromatic heterocycles. The summed E-state index contributed by atoms with van der Waals surface area (Å²) >= 11 is 0. The molecule has 0 bridgehead atoms. The Morgan fingerprint density at radius 3 is 2.61 bits per heavy atom. The van der Waals surface area contributed by atoms with Gasteiger partial charge in [0.25, 0.3) is 11.6 Å². The van der Waals surface area contributed by atoms with E-state index in [-0.39, 0.29) is 17.9 Å². The number of benzene rings is 2. The van der Waals surface area contributed by atoms with E-state index in [1.165, 1.54) is 30.3 Å². The number of anilines is 1. The first-order valence-electron chi connectivity index (χ1n) is 9.80. The number of carbonyl (C=O) groups is 1. The number of nitro groups is 1. The van der Waals surface area contributed by atoms with Gasteiger partial charge in [0.05, 0.1) is 4.92 Å². The van der Waals surface area contributed by atoms with Crippen molar-refractivity contribution in [2.24, 2.45) is 0 Å². The van der Waals surface area contributed by atoms with Crippen molar-refractivity contribution in [3.8, 4) is 23.3 Å². The Bertz CT molecular complexity index is 1260. The van der Waals surface area contributed by atoms with Gasteiger partial charge >= 0.3 is 0 Å². The molecule has 0 saturated heterocycles. The largest absolute Gasteiger partial charge is 0.486 e. The monoisotopic (exact) mass is 447 g/mol. The summed E-state index contributed by atoms with van der Waals surface area (Å²) in [4.78, 5) is 22.7. The lowest BCUT2D eigenvalue weighted by atomic mass is 10.2. The van der Waals surface area contributed by atoms with Crippen LogP contribution in [0.25, 0.3) is 6.08 Å². The molecule has 0 unspecified atom stereocenters. The number of nitrogens with one attached hydrogen (secondary N) is 1. The lowest BCUT2D eigenvalue weighted by Crippen LogP contribution is -2.17. The van der Waals surface area contributed by atoms with Crippen LogP contribution in [-0.2, 0) is 11.4 Å². The molecule has 10 nitrogen and oxygen atoms in total. The Labute approximate surface area is 187 Å². The second-order valence-corrected chi connectivity index (χ2v) is 6.83. The molecule has 4 rings (SSSR count). The number of furan rings is 1. The zero-order valence-electron chi connectivity index (χ0n) is 17.1. The van der Waals surface area contributed by atoms with E-state index in [0.717, 1.165) is 0 Å². The van der Waals surface area contributed by atoms with Crippen molar-refractivity contribution in [2.45, 2.75) is 6.61 Å². The second-order valence-electron chi connectivity index (χ2n) is 6.83. The van der Waals surface area contributed by atoms with Gasteiger partial charge in [0.2, 0.25) is 0 Å². The molecule has 0 aliphatic carbocycles. The van der Waals surface area contributed by atoms with Crippen LogP contribution in [0.15, 0.2) is 64.6 Å². The maximum atomic E-state index is 12.5. The van der Waals surface area contributed by atoms with Gasteiger partial charge in [0.1, 0.15) is 48.7 Å². The third-order valence-corrected chi connectivity index (χ3v) is 4.56. The van der Waals surface area contributed by atoms with Crippen LogP contribution in [0.3, 0.4) is 0 Å². The molecule has 10 heteroatoms. The fourth-order valence-electron chi connectivity index (χ4n) is 2.98. The molecule has 1 amide bonds. The van der Waals surface area contributed by atoms with Crippen molar-refractivity contribution < 1.29 is 28.3 Å². The van der Waals surface area contributed by atoms with Crippen LogP contribution in [0.5, 0.6) is 17.2 Å². The summed E-state index contributed by atoms with van der Waals surface area (Å²) in [5.41, 5.74) is 0.274. The third kappa shape index (κ3) is 5.29. The highest BCUT2D eigenvalue weighted by Crippen LogP contribution is 2.32. The van der Waals surface area contributed by atoms with E-state index < -0.39 is 10.8 Å². The van der Waals surface area contributed by atoms with Crippen LogP contribution in [0.1, 0.15) is 11.5 Å². The minimum Gasteiger partial charge on any atom is -0.486 e. The van der Waals surface area contributed by atoms with Crippen molar-refractivity contribution in [1.29, 1.82) is 5.26 Å².